The molecule has 0 aromatic heterocycles. The summed E-state index contributed by atoms with van der Waals surface area (Å²) >= 11 is 0. The van der Waals surface area contributed by atoms with Crippen LogP contribution in [-0.2, 0) is 4.79 Å². The Labute approximate surface area is 65.2 Å². The first-order chi connectivity index (χ1) is 5.33. The van der Waals surface area contributed by atoms with Gasteiger partial charge in [-0.05, 0) is 25.2 Å². The number of carbonyl (C=O) groups is 1. The SMILES string of the molecule is O=C1NC=CCC12CC=CN2. The minimum absolute atomic E-state index is 0.0741. The predicted molar refractivity (Wildman–Crippen MR) is 41.5 cm³/mol. The lowest BCUT2D eigenvalue weighted by Gasteiger charge is -2.29. The van der Waals surface area contributed by atoms with E-state index >= 15 is 0 Å². The van der Waals surface area contributed by atoms with Gasteiger partial charge in [0.25, 0.3) is 0 Å². The summed E-state index contributed by atoms with van der Waals surface area (Å²) in [6, 6.07) is 0. The second kappa shape index (κ2) is 2.12. The summed E-state index contributed by atoms with van der Waals surface area (Å²) < 4.78 is 0. The lowest BCUT2D eigenvalue weighted by molar-refractivity contribution is -0.126. The van der Waals surface area contributed by atoms with Crippen LogP contribution in [0.25, 0.3) is 0 Å². The molecule has 0 saturated carbocycles. The van der Waals surface area contributed by atoms with Crippen LogP contribution in [0.5, 0.6) is 0 Å². The van der Waals surface area contributed by atoms with E-state index in [0.717, 1.165) is 12.8 Å². The fraction of sp³-hybridized carbons (Fsp3) is 0.375. The van der Waals surface area contributed by atoms with Crippen LogP contribution in [-0.4, -0.2) is 11.4 Å². The van der Waals surface area contributed by atoms with E-state index < -0.39 is 0 Å². The number of rotatable bonds is 0. The highest BCUT2D eigenvalue weighted by Gasteiger charge is 2.38. The lowest BCUT2D eigenvalue weighted by Crippen LogP contribution is -2.53. The van der Waals surface area contributed by atoms with Gasteiger partial charge in [-0.1, -0.05) is 12.2 Å². The Hall–Kier alpha value is -1.25. The van der Waals surface area contributed by atoms with E-state index in [4.69, 9.17) is 0 Å². The van der Waals surface area contributed by atoms with E-state index in [1.165, 1.54) is 0 Å². The zero-order valence-corrected chi connectivity index (χ0v) is 6.13. The van der Waals surface area contributed by atoms with E-state index in [1.54, 1.807) is 6.20 Å². The molecule has 2 heterocycles. The van der Waals surface area contributed by atoms with E-state index in [1.807, 2.05) is 18.4 Å². The van der Waals surface area contributed by atoms with Crippen LogP contribution in [0.1, 0.15) is 12.8 Å². The van der Waals surface area contributed by atoms with Gasteiger partial charge in [0.15, 0.2) is 0 Å². The molecule has 0 radical (unpaired) electrons. The van der Waals surface area contributed by atoms with Crippen molar-refractivity contribution in [3.05, 3.63) is 24.6 Å². The molecule has 3 heteroatoms. The van der Waals surface area contributed by atoms with E-state index in [-0.39, 0.29) is 11.4 Å². The van der Waals surface area contributed by atoms with Crippen LogP contribution >= 0.6 is 0 Å². The van der Waals surface area contributed by atoms with Gasteiger partial charge in [-0.3, -0.25) is 4.79 Å². The molecule has 0 aliphatic carbocycles. The normalized spacial score (nSPS) is 34.0. The molecule has 1 atom stereocenters. The molecule has 2 rings (SSSR count). The molecule has 3 nitrogen and oxygen atoms in total. The van der Waals surface area contributed by atoms with Crippen LogP contribution in [0.4, 0.5) is 0 Å². The molecule has 0 saturated heterocycles. The van der Waals surface area contributed by atoms with Crippen molar-refractivity contribution in [1.82, 2.24) is 10.6 Å². The van der Waals surface area contributed by atoms with Crippen LogP contribution < -0.4 is 10.6 Å². The molecule has 0 bridgehead atoms. The Bertz CT molecular complexity index is 234. The average Bonchev–Trinajstić information content (AvgIpc) is 2.46. The molecule has 2 aliphatic rings. The summed E-state index contributed by atoms with van der Waals surface area (Å²) in [4.78, 5) is 11.4. The van der Waals surface area contributed by atoms with Crippen molar-refractivity contribution in [3.8, 4) is 0 Å². The lowest BCUT2D eigenvalue weighted by atomic mass is 9.90. The second-order valence-corrected chi connectivity index (χ2v) is 2.91. The van der Waals surface area contributed by atoms with Gasteiger partial charge < -0.3 is 10.6 Å². The third-order valence-corrected chi connectivity index (χ3v) is 2.18. The standard InChI is InChI=1S/C8H10N2O/c11-7-8(3-1-5-9-7)4-2-6-10-8/h1-2,5-6,10H,3-4H2,(H,9,11). The summed E-state index contributed by atoms with van der Waals surface area (Å²) in [6.07, 6.45) is 9.08. The van der Waals surface area contributed by atoms with Gasteiger partial charge in [-0.15, -0.1) is 0 Å². The van der Waals surface area contributed by atoms with Crippen molar-refractivity contribution in [2.24, 2.45) is 0 Å². The molecule has 2 N–H and O–H groups in total. The number of amides is 1. The number of hydrogen-bond donors (Lipinski definition) is 2. The number of hydrogen-bond acceptors (Lipinski definition) is 2. The molecule has 0 aromatic carbocycles. The van der Waals surface area contributed by atoms with Crippen LogP contribution in [0.2, 0.25) is 0 Å². The van der Waals surface area contributed by atoms with Crippen molar-refractivity contribution in [1.29, 1.82) is 0 Å². The maximum atomic E-state index is 11.4. The van der Waals surface area contributed by atoms with E-state index in [0.29, 0.717) is 0 Å². The Balaban J connectivity index is 2.24. The Morgan fingerprint density at radius 2 is 2.00 bits per heavy atom. The van der Waals surface area contributed by atoms with Crippen LogP contribution in [0, 0.1) is 0 Å². The molecule has 0 aromatic rings. The minimum Gasteiger partial charge on any atom is -0.377 e. The third kappa shape index (κ3) is 0.843. The van der Waals surface area contributed by atoms with Gasteiger partial charge >= 0.3 is 0 Å². The minimum atomic E-state index is -0.366. The van der Waals surface area contributed by atoms with E-state index in [9.17, 15) is 4.79 Å². The number of carbonyl (C=O) groups excluding carboxylic acids is 1. The second-order valence-electron chi connectivity index (χ2n) is 2.91. The summed E-state index contributed by atoms with van der Waals surface area (Å²) in [6.45, 7) is 0. The average molecular weight is 150 g/mol. The molecule has 58 valence electrons. The van der Waals surface area contributed by atoms with Gasteiger partial charge in [-0.25, -0.2) is 0 Å². The Kier molecular flexibility index (Phi) is 1.24. The molecule has 1 amide bonds. The maximum absolute atomic E-state index is 11.4. The quantitative estimate of drug-likeness (QED) is 0.520. The van der Waals surface area contributed by atoms with Gasteiger partial charge in [0, 0.05) is 0 Å². The summed E-state index contributed by atoms with van der Waals surface area (Å²) in [5, 5.41) is 5.77. The van der Waals surface area contributed by atoms with Gasteiger partial charge in [0.1, 0.15) is 5.54 Å². The number of nitrogens with one attached hydrogen (secondary N) is 2. The summed E-state index contributed by atoms with van der Waals surface area (Å²) in [5.74, 6) is 0.0741. The van der Waals surface area contributed by atoms with Crippen molar-refractivity contribution < 1.29 is 4.79 Å². The van der Waals surface area contributed by atoms with Crippen molar-refractivity contribution in [3.63, 3.8) is 0 Å². The van der Waals surface area contributed by atoms with Crippen LogP contribution in [0.15, 0.2) is 24.6 Å². The topological polar surface area (TPSA) is 41.1 Å². The highest BCUT2D eigenvalue weighted by molar-refractivity contribution is 5.89. The molecular weight excluding hydrogens is 140 g/mol. The maximum Gasteiger partial charge on any atom is 0.250 e. The van der Waals surface area contributed by atoms with Gasteiger partial charge in [-0.2, -0.15) is 0 Å². The predicted octanol–water partition coefficient (Wildman–Crippen LogP) is 0.266. The molecule has 11 heavy (non-hydrogen) atoms. The first kappa shape index (κ1) is 6.46. The fourth-order valence-electron chi connectivity index (χ4n) is 1.46. The van der Waals surface area contributed by atoms with Gasteiger partial charge in [0.05, 0.1) is 0 Å². The first-order valence-electron chi connectivity index (χ1n) is 3.72. The fourth-order valence-corrected chi connectivity index (χ4v) is 1.46. The zero-order valence-electron chi connectivity index (χ0n) is 6.13. The van der Waals surface area contributed by atoms with Gasteiger partial charge in [0.2, 0.25) is 5.91 Å². The monoisotopic (exact) mass is 150 g/mol. The molecule has 1 spiro atoms. The Morgan fingerprint density at radius 3 is 2.64 bits per heavy atom. The molecule has 0 fully saturated rings. The van der Waals surface area contributed by atoms with Crippen molar-refractivity contribution in [2.45, 2.75) is 18.4 Å². The summed E-state index contributed by atoms with van der Waals surface area (Å²) in [5.41, 5.74) is -0.366. The smallest absolute Gasteiger partial charge is 0.250 e. The Morgan fingerprint density at radius 1 is 1.27 bits per heavy atom. The zero-order chi connectivity index (χ0) is 7.73. The van der Waals surface area contributed by atoms with Crippen LogP contribution in [0.3, 0.4) is 0 Å². The molecule has 2 aliphatic heterocycles. The molecule has 1 unspecified atom stereocenters. The first-order valence-corrected chi connectivity index (χ1v) is 3.72. The van der Waals surface area contributed by atoms with Crippen molar-refractivity contribution >= 4 is 5.91 Å². The van der Waals surface area contributed by atoms with Crippen molar-refractivity contribution in [2.75, 3.05) is 0 Å². The van der Waals surface area contributed by atoms with E-state index in [2.05, 4.69) is 10.6 Å². The summed E-state index contributed by atoms with van der Waals surface area (Å²) in [7, 11) is 0. The largest absolute Gasteiger partial charge is 0.377 e. The third-order valence-electron chi connectivity index (χ3n) is 2.18. The highest BCUT2D eigenvalue weighted by atomic mass is 16.2. The molecular formula is C8H10N2O. The highest BCUT2D eigenvalue weighted by Crippen LogP contribution is 2.23.